The number of benzene rings is 2. The van der Waals surface area contributed by atoms with E-state index in [9.17, 15) is 0 Å². The molecule has 2 heterocycles. The molecule has 1 saturated heterocycles. The topological polar surface area (TPSA) is 21.3 Å². The summed E-state index contributed by atoms with van der Waals surface area (Å²) in [6, 6.07) is 17.0. The van der Waals surface area contributed by atoms with Crippen LogP contribution in [0.2, 0.25) is 5.02 Å². The fourth-order valence-corrected chi connectivity index (χ4v) is 3.94. The first-order valence-corrected chi connectivity index (χ1v) is 7.94. The molecule has 0 aliphatic carbocycles. The van der Waals surface area contributed by atoms with Crippen molar-refractivity contribution in [1.29, 1.82) is 0 Å². The number of fused-ring (bicyclic) bond motifs is 3. The first kappa shape index (κ1) is 13.2. The lowest BCUT2D eigenvalue weighted by atomic mass is 9.77. The van der Waals surface area contributed by atoms with E-state index in [4.69, 9.17) is 16.3 Å². The molecule has 0 spiro atoms. The Morgan fingerprint density at radius 3 is 2.76 bits per heavy atom. The number of nitrogens with one attached hydrogen (secondary N) is 1. The third-order valence-electron chi connectivity index (χ3n) is 4.60. The van der Waals surface area contributed by atoms with Crippen molar-refractivity contribution >= 4 is 17.3 Å². The summed E-state index contributed by atoms with van der Waals surface area (Å²) in [5, 5.41) is 4.50. The molecule has 0 saturated carbocycles. The SMILES string of the molecule is Clc1cccc2c1C1OCCCC1C(c1ccccc1)N2. The summed E-state index contributed by atoms with van der Waals surface area (Å²) >= 11 is 6.44. The van der Waals surface area contributed by atoms with E-state index in [1.54, 1.807) is 0 Å². The van der Waals surface area contributed by atoms with Crippen molar-refractivity contribution in [3.63, 3.8) is 0 Å². The summed E-state index contributed by atoms with van der Waals surface area (Å²) in [6.07, 6.45) is 2.39. The molecule has 2 aliphatic heterocycles. The molecular weight excluding hydrogens is 282 g/mol. The standard InChI is InChI=1S/C18H18ClNO/c19-14-9-4-10-15-16(14)18-13(8-5-11-21-18)17(20-15)12-6-2-1-3-7-12/h1-4,6-7,9-10,13,17-18,20H,5,8,11H2. The lowest BCUT2D eigenvalue weighted by Gasteiger charge is -2.43. The molecule has 2 aromatic rings. The van der Waals surface area contributed by atoms with Crippen molar-refractivity contribution in [3.05, 3.63) is 64.7 Å². The van der Waals surface area contributed by atoms with E-state index in [0.29, 0.717) is 12.0 Å². The van der Waals surface area contributed by atoms with Gasteiger partial charge in [-0.1, -0.05) is 48.0 Å². The second-order valence-corrected chi connectivity index (χ2v) is 6.24. The molecular formula is C18H18ClNO. The predicted molar refractivity (Wildman–Crippen MR) is 85.7 cm³/mol. The zero-order chi connectivity index (χ0) is 14.2. The Morgan fingerprint density at radius 2 is 1.90 bits per heavy atom. The summed E-state index contributed by atoms with van der Waals surface area (Å²) in [5.74, 6) is 0.438. The Balaban J connectivity index is 1.81. The normalized spacial score (nSPS) is 27.4. The predicted octanol–water partition coefficient (Wildman–Crippen LogP) is 4.97. The van der Waals surface area contributed by atoms with Crippen LogP contribution in [0.25, 0.3) is 0 Å². The average molecular weight is 300 g/mol. The maximum atomic E-state index is 6.44. The Labute approximate surface area is 130 Å². The first-order valence-electron chi connectivity index (χ1n) is 7.56. The molecule has 2 aromatic carbocycles. The van der Waals surface area contributed by atoms with Crippen LogP contribution >= 0.6 is 11.6 Å². The van der Waals surface area contributed by atoms with Crippen molar-refractivity contribution in [2.45, 2.75) is 25.0 Å². The van der Waals surface area contributed by atoms with Gasteiger partial charge in [-0.3, -0.25) is 0 Å². The Bertz CT molecular complexity index is 643. The van der Waals surface area contributed by atoms with Crippen molar-refractivity contribution in [3.8, 4) is 0 Å². The Hall–Kier alpha value is -1.51. The van der Waals surface area contributed by atoms with E-state index < -0.39 is 0 Å². The largest absolute Gasteiger partial charge is 0.377 e. The van der Waals surface area contributed by atoms with E-state index in [2.05, 4.69) is 41.7 Å². The molecule has 0 radical (unpaired) electrons. The van der Waals surface area contributed by atoms with Crippen molar-refractivity contribution in [2.24, 2.45) is 5.92 Å². The smallest absolute Gasteiger partial charge is 0.0910 e. The van der Waals surface area contributed by atoms with Gasteiger partial charge < -0.3 is 10.1 Å². The van der Waals surface area contributed by atoms with Crippen LogP contribution in [0.4, 0.5) is 5.69 Å². The minimum atomic E-state index is 0.105. The minimum absolute atomic E-state index is 0.105. The maximum Gasteiger partial charge on any atom is 0.0910 e. The average Bonchev–Trinajstić information content (AvgIpc) is 2.55. The number of halogens is 1. The third-order valence-corrected chi connectivity index (χ3v) is 4.93. The molecule has 3 atom stereocenters. The molecule has 0 amide bonds. The molecule has 4 rings (SSSR count). The highest BCUT2D eigenvalue weighted by Crippen LogP contribution is 2.50. The van der Waals surface area contributed by atoms with E-state index in [1.165, 1.54) is 12.0 Å². The zero-order valence-corrected chi connectivity index (χ0v) is 12.5. The summed E-state index contributed by atoms with van der Waals surface area (Å²) in [7, 11) is 0. The molecule has 21 heavy (non-hydrogen) atoms. The van der Waals surface area contributed by atoms with E-state index in [1.807, 2.05) is 12.1 Å². The van der Waals surface area contributed by atoms with Crippen LogP contribution in [0.3, 0.4) is 0 Å². The summed E-state index contributed by atoms with van der Waals surface area (Å²) in [6.45, 7) is 0.827. The molecule has 0 aromatic heterocycles. The van der Waals surface area contributed by atoms with Gasteiger partial charge >= 0.3 is 0 Å². The number of rotatable bonds is 1. The second-order valence-electron chi connectivity index (χ2n) is 5.83. The van der Waals surface area contributed by atoms with Crippen LogP contribution in [0.1, 0.15) is 36.1 Å². The van der Waals surface area contributed by atoms with Gasteiger partial charge in [-0.05, 0) is 30.5 Å². The molecule has 2 aliphatic rings. The van der Waals surface area contributed by atoms with Crippen LogP contribution in [0.5, 0.6) is 0 Å². The van der Waals surface area contributed by atoms with Gasteiger partial charge in [-0.2, -0.15) is 0 Å². The molecule has 2 nitrogen and oxygen atoms in total. The van der Waals surface area contributed by atoms with E-state index in [-0.39, 0.29) is 6.10 Å². The van der Waals surface area contributed by atoms with Gasteiger partial charge in [-0.25, -0.2) is 0 Å². The van der Waals surface area contributed by atoms with Crippen molar-refractivity contribution in [2.75, 3.05) is 11.9 Å². The highest BCUT2D eigenvalue weighted by Gasteiger charge is 2.40. The highest BCUT2D eigenvalue weighted by atomic mass is 35.5. The Morgan fingerprint density at radius 1 is 1.05 bits per heavy atom. The number of hydrogen-bond acceptors (Lipinski definition) is 2. The highest BCUT2D eigenvalue weighted by molar-refractivity contribution is 6.31. The Kier molecular flexibility index (Phi) is 3.36. The molecule has 3 unspecified atom stereocenters. The monoisotopic (exact) mass is 299 g/mol. The summed E-state index contributed by atoms with van der Waals surface area (Å²) < 4.78 is 6.12. The van der Waals surface area contributed by atoms with Crippen LogP contribution in [0, 0.1) is 5.92 Å². The van der Waals surface area contributed by atoms with Gasteiger partial charge in [0.05, 0.1) is 12.1 Å². The molecule has 1 fully saturated rings. The molecule has 1 N–H and O–H groups in total. The van der Waals surface area contributed by atoms with Gasteiger partial charge in [-0.15, -0.1) is 0 Å². The third kappa shape index (κ3) is 2.23. The van der Waals surface area contributed by atoms with E-state index in [0.717, 1.165) is 29.3 Å². The maximum absolute atomic E-state index is 6.44. The van der Waals surface area contributed by atoms with Crippen LogP contribution < -0.4 is 5.32 Å². The number of hydrogen-bond donors (Lipinski definition) is 1. The quantitative estimate of drug-likeness (QED) is 0.802. The summed E-state index contributed by atoms with van der Waals surface area (Å²) in [4.78, 5) is 0. The first-order chi connectivity index (χ1) is 10.3. The lowest BCUT2D eigenvalue weighted by Crippen LogP contribution is -2.36. The fourth-order valence-electron chi connectivity index (χ4n) is 3.66. The van der Waals surface area contributed by atoms with Crippen LogP contribution in [-0.4, -0.2) is 6.61 Å². The van der Waals surface area contributed by atoms with Crippen molar-refractivity contribution in [1.82, 2.24) is 0 Å². The molecule has 108 valence electrons. The van der Waals surface area contributed by atoms with Crippen LogP contribution in [-0.2, 0) is 4.74 Å². The number of anilines is 1. The van der Waals surface area contributed by atoms with Gasteiger partial charge in [0.1, 0.15) is 0 Å². The minimum Gasteiger partial charge on any atom is -0.377 e. The van der Waals surface area contributed by atoms with Gasteiger partial charge in [0, 0.05) is 28.8 Å². The van der Waals surface area contributed by atoms with Crippen molar-refractivity contribution < 1.29 is 4.74 Å². The fraction of sp³-hybridized carbons (Fsp3) is 0.333. The second kappa shape index (κ2) is 5.36. The van der Waals surface area contributed by atoms with E-state index >= 15 is 0 Å². The molecule has 0 bridgehead atoms. The molecule has 3 heteroatoms. The van der Waals surface area contributed by atoms with Gasteiger partial charge in [0.15, 0.2) is 0 Å². The van der Waals surface area contributed by atoms with Crippen LogP contribution in [0.15, 0.2) is 48.5 Å². The lowest BCUT2D eigenvalue weighted by molar-refractivity contribution is -0.0380. The number of ether oxygens (including phenoxy) is 1. The summed E-state index contributed by atoms with van der Waals surface area (Å²) in [5.41, 5.74) is 3.57. The van der Waals surface area contributed by atoms with Gasteiger partial charge in [0.2, 0.25) is 0 Å². The van der Waals surface area contributed by atoms with Gasteiger partial charge in [0.25, 0.3) is 0 Å². The zero-order valence-electron chi connectivity index (χ0n) is 11.8.